The molecule has 0 saturated heterocycles. The molecule has 0 unspecified atom stereocenters. The summed E-state index contributed by atoms with van der Waals surface area (Å²) in [5.41, 5.74) is 0. The first kappa shape index (κ1) is 29.8. The van der Waals surface area contributed by atoms with Crippen molar-refractivity contribution in [1.29, 1.82) is 0 Å². The van der Waals surface area contributed by atoms with E-state index in [2.05, 4.69) is 0 Å². The average molecular weight is 334 g/mol. The maximum atomic E-state index is 7.33. The van der Waals surface area contributed by atoms with E-state index in [0.717, 1.165) is 0 Å². The van der Waals surface area contributed by atoms with Crippen LogP contribution in [-0.4, -0.2) is 99.9 Å². The average Bonchev–Trinajstić information content (AvgIpc) is 0.722. The van der Waals surface area contributed by atoms with Crippen LogP contribution in [0.1, 0.15) is 2.85 Å². The van der Waals surface area contributed by atoms with Crippen molar-refractivity contribution in [3.05, 3.63) is 0 Å². The van der Waals surface area contributed by atoms with Crippen LogP contribution in [0.2, 0.25) is 0 Å². The topological polar surface area (TPSA) is 112 Å². The second kappa shape index (κ2) is 13.3. The van der Waals surface area contributed by atoms with Crippen molar-refractivity contribution in [2.45, 2.75) is 0 Å². The molecular weight excluding hydrogens is 323 g/mol. The molecular formula is H11AlBaO5SiV. The Hall–Kier alpha value is 2.71. The van der Waals surface area contributed by atoms with Gasteiger partial charge in [0.2, 0.25) is 0 Å². The molecule has 0 aromatic rings. The van der Waals surface area contributed by atoms with Crippen molar-refractivity contribution < 1.29 is 46.1 Å². The first-order valence-electron chi connectivity index (χ1n) is 0.894. The Morgan fingerprint density at radius 1 is 1.00 bits per heavy atom. The van der Waals surface area contributed by atoms with E-state index < -0.39 is 9.05 Å². The molecule has 9 heteroatoms. The van der Waals surface area contributed by atoms with E-state index in [9.17, 15) is 0 Å². The van der Waals surface area contributed by atoms with E-state index in [1.54, 1.807) is 0 Å². The molecule has 0 aromatic carbocycles. The second-order valence-electron chi connectivity index (χ2n) is 0.600. The van der Waals surface area contributed by atoms with Gasteiger partial charge in [0.1, 0.15) is 0 Å². The number of hydrogen-bond donors (Lipinski definition) is 4. The van der Waals surface area contributed by atoms with E-state index >= 15 is 0 Å². The Labute approximate surface area is 119 Å². The van der Waals surface area contributed by atoms with Crippen LogP contribution in [-0.2, 0) is 18.6 Å². The fourth-order valence-electron chi connectivity index (χ4n) is 0. The third-order valence-corrected chi connectivity index (χ3v) is 0. The minimum Gasteiger partial charge on any atom is -1.00 e. The van der Waals surface area contributed by atoms with Crippen LogP contribution < -0.4 is 0 Å². The summed E-state index contributed by atoms with van der Waals surface area (Å²) in [5.74, 6) is 0. The van der Waals surface area contributed by atoms with Gasteiger partial charge in [0, 0.05) is 18.6 Å². The maximum Gasteiger partial charge on any atom is 2.00 e. The predicted molar refractivity (Wildman–Crippen MR) is 36.2 cm³/mol. The Balaban J connectivity index is -0.00000000533. The molecule has 0 fully saturated rings. The van der Waals surface area contributed by atoms with Gasteiger partial charge in [0.15, 0.2) is 17.4 Å². The molecule has 1 radical (unpaired) electrons. The predicted octanol–water partition coefficient (Wildman–Crippen LogP) is -4.78. The molecule has 0 saturated carbocycles. The SMILES string of the molecule is O.O[Si](O)(O)O.[AlH3].[Ba+2].[H-].[H-].[V]. The molecule has 6 N–H and O–H groups in total. The summed E-state index contributed by atoms with van der Waals surface area (Å²) in [6.45, 7) is 0. The Morgan fingerprint density at radius 2 is 1.00 bits per heavy atom. The Morgan fingerprint density at radius 3 is 1.00 bits per heavy atom. The van der Waals surface area contributed by atoms with Crippen molar-refractivity contribution >= 4 is 75.3 Å². The van der Waals surface area contributed by atoms with Gasteiger partial charge >= 0.3 is 57.9 Å². The van der Waals surface area contributed by atoms with Crippen molar-refractivity contribution in [2.75, 3.05) is 0 Å². The molecule has 0 bridgehead atoms. The minimum atomic E-state index is -4.61. The summed E-state index contributed by atoms with van der Waals surface area (Å²) in [7, 11) is -4.61. The monoisotopic (exact) mass is 335 g/mol. The van der Waals surface area contributed by atoms with Crippen molar-refractivity contribution in [3.63, 3.8) is 0 Å². The van der Waals surface area contributed by atoms with Crippen LogP contribution in [0.4, 0.5) is 0 Å². The van der Waals surface area contributed by atoms with Gasteiger partial charge in [-0.05, 0) is 0 Å². The van der Waals surface area contributed by atoms with Gasteiger partial charge in [-0.3, -0.25) is 0 Å². The zero-order chi connectivity index (χ0) is 4.50. The third kappa shape index (κ3) is 111. The van der Waals surface area contributed by atoms with Crippen LogP contribution in [0.5, 0.6) is 0 Å². The van der Waals surface area contributed by atoms with Crippen molar-refractivity contribution in [3.8, 4) is 0 Å². The largest absolute Gasteiger partial charge is 2.00 e. The van der Waals surface area contributed by atoms with Crippen LogP contribution in [0.25, 0.3) is 0 Å². The molecule has 0 atom stereocenters. The molecule has 0 heterocycles. The zero-order valence-corrected chi connectivity index (χ0v) is 10.8. The number of hydrogen-bond acceptors (Lipinski definition) is 4. The maximum absolute atomic E-state index is 7.33. The van der Waals surface area contributed by atoms with E-state index in [1.165, 1.54) is 0 Å². The Bertz CT molecular complexity index is 40.0. The van der Waals surface area contributed by atoms with E-state index in [-0.39, 0.29) is 93.1 Å². The van der Waals surface area contributed by atoms with E-state index in [4.69, 9.17) is 19.2 Å². The fraction of sp³-hybridized carbons (Fsp3) is 0. The summed E-state index contributed by atoms with van der Waals surface area (Å²) in [5, 5.41) is 0. The minimum absolute atomic E-state index is 0. The molecule has 0 aliphatic heterocycles. The number of rotatable bonds is 0. The first-order valence-corrected chi connectivity index (χ1v) is 2.68. The molecule has 0 spiro atoms. The molecule has 0 aliphatic carbocycles. The third-order valence-electron chi connectivity index (χ3n) is 0. The summed E-state index contributed by atoms with van der Waals surface area (Å²) >= 11 is 0. The molecule has 0 amide bonds. The smallest absolute Gasteiger partial charge is 1.00 e. The summed E-state index contributed by atoms with van der Waals surface area (Å²) in [4.78, 5) is 29.3. The van der Waals surface area contributed by atoms with Crippen LogP contribution in [0.15, 0.2) is 0 Å². The van der Waals surface area contributed by atoms with Gasteiger partial charge in [0.05, 0.1) is 0 Å². The quantitative estimate of drug-likeness (QED) is 0.333. The van der Waals surface area contributed by atoms with Gasteiger partial charge in [-0.15, -0.1) is 0 Å². The summed E-state index contributed by atoms with van der Waals surface area (Å²) in [6, 6.07) is 0. The van der Waals surface area contributed by atoms with Crippen LogP contribution in [0.3, 0.4) is 0 Å². The fourth-order valence-corrected chi connectivity index (χ4v) is 0. The Kier molecular flexibility index (Phi) is 44.1. The molecule has 9 heavy (non-hydrogen) atoms. The van der Waals surface area contributed by atoms with Gasteiger partial charge in [-0.1, -0.05) is 0 Å². The standard InChI is InChI=1S/Al.Ba.H4O4Si.H2O.V.5H/c;;1-5(2,3)4;;;;;;;/h;;1-4H;1H2;;;;;;/q;+2;;;;;;;2*-1. The van der Waals surface area contributed by atoms with Crippen molar-refractivity contribution in [1.82, 2.24) is 0 Å². The van der Waals surface area contributed by atoms with Gasteiger partial charge in [-0.2, -0.15) is 0 Å². The molecule has 0 aromatic heterocycles. The van der Waals surface area contributed by atoms with Crippen LogP contribution >= 0.6 is 0 Å². The summed E-state index contributed by atoms with van der Waals surface area (Å²) < 4.78 is 0. The molecule has 0 aliphatic rings. The molecule has 55 valence electrons. The molecule has 0 rings (SSSR count). The van der Waals surface area contributed by atoms with Gasteiger partial charge in [-0.25, -0.2) is 0 Å². The van der Waals surface area contributed by atoms with Gasteiger partial charge < -0.3 is 27.5 Å². The second-order valence-corrected chi connectivity index (χ2v) is 1.80. The van der Waals surface area contributed by atoms with E-state index in [0.29, 0.717) is 0 Å². The molecule has 5 nitrogen and oxygen atoms in total. The normalized spacial score (nSPS) is 6.67. The van der Waals surface area contributed by atoms with Crippen LogP contribution in [0, 0.1) is 0 Å². The summed E-state index contributed by atoms with van der Waals surface area (Å²) in [6.07, 6.45) is 0. The zero-order valence-electron chi connectivity index (χ0n) is 5.94. The van der Waals surface area contributed by atoms with E-state index in [1.807, 2.05) is 0 Å². The van der Waals surface area contributed by atoms with Gasteiger partial charge in [0.25, 0.3) is 0 Å². The van der Waals surface area contributed by atoms with Crippen molar-refractivity contribution in [2.24, 2.45) is 0 Å². The first-order chi connectivity index (χ1) is 2.00.